The van der Waals surface area contributed by atoms with Crippen molar-refractivity contribution < 1.29 is 9.59 Å². The summed E-state index contributed by atoms with van der Waals surface area (Å²) in [5.41, 5.74) is 7.82. The first-order chi connectivity index (χ1) is 16.0. The van der Waals surface area contributed by atoms with Gasteiger partial charge in [-0.2, -0.15) is 9.98 Å². The van der Waals surface area contributed by atoms with Crippen molar-refractivity contribution in [1.82, 2.24) is 0 Å². The number of isocyanates is 2. The fourth-order valence-corrected chi connectivity index (χ4v) is 3.89. The minimum atomic E-state index is -0.165. The van der Waals surface area contributed by atoms with Crippen LogP contribution in [-0.2, 0) is 15.0 Å². The molecule has 0 fully saturated rings. The molecule has 0 N–H and O–H groups in total. The number of rotatable bonds is 6. The lowest BCUT2D eigenvalue weighted by molar-refractivity contribution is 0.564. The van der Waals surface area contributed by atoms with Gasteiger partial charge in [-0.1, -0.05) is 86.6 Å². The van der Waals surface area contributed by atoms with Crippen molar-refractivity contribution in [2.24, 2.45) is 9.98 Å². The van der Waals surface area contributed by atoms with Gasteiger partial charge in [0.05, 0.1) is 11.4 Å². The molecule has 4 heteroatoms. The van der Waals surface area contributed by atoms with Gasteiger partial charge in [-0.25, -0.2) is 9.59 Å². The third kappa shape index (κ3) is 4.78. The van der Waals surface area contributed by atoms with Crippen molar-refractivity contribution in [3.8, 4) is 22.3 Å². The second-order valence-electron chi connectivity index (χ2n) is 8.28. The Kier molecular flexibility index (Phi) is 6.24. The Hall–Kier alpha value is -4.36. The first-order valence-corrected chi connectivity index (χ1v) is 10.6. The highest BCUT2D eigenvalue weighted by Gasteiger charge is 2.23. The van der Waals surface area contributed by atoms with Crippen molar-refractivity contribution in [3.05, 3.63) is 108 Å². The van der Waals surface area contributed by atoms with Crippen LogP contribution in [0.5, 0.6) is 0 Å². The largest absolute Gasteiger partial charge is 0.240 e. The molecule has 0 aromatic heterocycles. The predicted octanol–water partition coefficient (Wildman–Crippen LogP) is 7.28. The normalized spacial score (nSPS) is 10.7. The zero-order valence-corrected chi connectivity index (χ0v) is 18.4. The van der Waals surface area contributed by atoms with E-state index in [1.165, 1.54) is 11.1 Å². The molecule has 0 bridgehead atoms. The molecule has 0 aliphatic carbocycles. The first kappa shape index (κ1) is 21.9. The average molecular weight is 431 g/mol. The van der Waals surface area contributed by atoms with Crippen molar-refractivity contribution in [2.45, 2.75) is 19.3 Å². The molecule has 33 heavy (non-hydrogen) atoms. The summed E-state index contributed by atoms with van der Waals surface area (Å²) < 4.78 is 0. The molecular formula is C29H22N2O2. The van der Waals surface area contributed by atoms with Crippen LogP contribution in [0.4, 0.5) is 11.4 Å². The van der Waals surface area contributed by atoms with E-state index in [2.05, 4.69) is 72.4 Å². The molecule has 0 aliphatic heterocycles. The zero-order valence-electron chi connectivity index (χ0n) is 18.4. The average Bonchev–Trinajstić information content (AvgIpc) is 2.86. The Morgan fingerprint density at radius 1 is 0.485 bits per heavy atom. The van der Waals surface area contributed by atoms with Gasteiger partial charge in [-0.05, 0) is 57.6 Å². The molecule has 0 aliphatic rings. The van der Waals surface area contributed by atoms with E-state index in [1.807, 2.05) is 48.5 Å². The zero-order chi connectivity index (χ0) is 23.3. The number of hydrogen-bond donors (Lipinski definition) is 0. The lowest BCUT2D eigenvalue weighted by Crippen LogP contribution is -2.18. The molecule has 0 atom stereocenters. The van der Waals surface area contributed by atoms with Gasteiger partial charge in [-0.15, -0.1) is 0 Å². The van der Waals surface area contributed by atoms with Crippen LogP contribution < -0.4 is 0 Å². The van der Waals surface area contributed by atoms with Gasteiger partial charge in [0.15, 0.2) is 0 Å². The molecular weight excluding hydrogens is 408 g/mol. The van der Waals surface area contributed by atoms with Gasteiger partial charge in [0.2, 0.25) is 12.2 Å². The number of carbonyl (C=O) groups excluding carboxylic acids is 2. The summed E-state index contributed by atoms with van der Waals surface area (Å²) in [7, 11) is 0. The minimum Gasteiger partial charge on any atom is -0.211 e. The SMILES string of the molecule is CC(C)(c1ccc(-c2ccc(N=C=O)cc2)cc1)c1ccc(-c2ccc(N=C=O)cc2)cc1. The van der Waals surface area contributed by atoms with Gasteiger partial charge < -0.3 is 0 Å². The van der Waals surface area contributed by atoms with Gasteiger partial charge in [-0.3, -0.25) is 0 Å². The molecule has 0 radical (unpaired) electrons. The Morgan fingerprint density at radius 3 is 1.03 bits per heavy atom. The minimum absolute atomic E-state index is 0.165. The lowest BCUT2D eigenvalue weighted by Gasteiger charge is -2.26. The summed E-state index contributed by atoms with van der Waals surface area (Å²) in [4.78, 5) is 28.1. The quantitative estimate of drug-likeness (QED) is 0.238. The summed E-state index contributed by atoms with van der Waals surface area (Å²) in [6.45, 7) is 4.44. The molecule has 0 saturated carbocycles. The van der Waals surface area contributed by atoms with Crippen molar-refractivity contribution in [1.29, 1.82) is 0 Å². The summed E-state index contributed by atoms with van der Waals surface area (Å²) >= 11 is 0. The molecule has 160 valence electrons. The molecule has 0 unspecified atom stereocenters. The van der Waals surface area contributed by atoms with E-state index < -0.39 is 0 Å². The standard InChI is InChI=1S/C29H22N2O2/c1-29(2,25-11-3-21(4-12-25)23-7-15-27(16-8-23)30-19-32)26-13-5-22(6-14-26)24-9-17-28(18-10-24)31-20-33/h3-18H,1-2H3. The number of benzene rings is 4. The summed E-state index contributed by atoms with van der Waals surface area (Å²) in [5.74, 6) is 0. The monoisotopic (exact) mass is 430 g/mol. The fraction of sp³-hybridized carbons (Fsp3) is 0.103. The van der Waals surface area contributed by atoms with Crippen LogP contribution in [0, 0.1) is 0 Å². The highest BCUT2D eigenvalue weighted by molar-refractivity contribution is 5.68. The van der Waals surface area contributed by atoms with Crippen LogP contribution in [0.15, 0.2) is 107 Å². The van der Waals surface area contributed by atoms with Crippen molar-refractivity contribution in [3.63, 3.8) is 0 Å². The van der Waals surface area contributed by atoms with E-state index in [9.17, 15) is 9.59 Å². The Bertz CT molecular complexity index is 1230. The van der Waals surface area contributed by atoms with Crippen LogP contribution in [0.25, 0.3) is 22.3 Å². The maximum absolute atomic E-state index is 10.4. The maximum Gasteiger partial charge on any atom is 0.240 e. The van der Waals surface area contributed by atoms with Crippen molar-refractivity contribution >= 4 is 23.5 Å². The van der Waals surface area contributed by atoms with Gasteiger partial charge in [0.1, 0.15) is 0 Å². The van der Waals surface area contributed by atoms with Gasteiger partial charge in [0.25, 0.3) is 0 Å². The lowest BCUT2D eigenvalue weighted by atomic mass is 9.77. The van der Waals surface area contributed by atoms with E-state index in [0.29, 0.717) is 11.4 Å². The van der Waals surface area contributed by atoms with Crippen LogP contribution in [0.2, 0.25) is 0 Å². The molecule has 4 aromatic carbocycles. The number of nitrogens with zero attached hydrogens (tertiary/aromatic N) is 2. The molecule has 0 spiro atoms. The summed E-state index contributed by atoms with van der Waals surface area (Å²) in [5, 5.41) is 0. The van der Waals surface area contributed by atoms with Gasteiger partial charge in [0, 0.05) is 5.41 Å². The highest BCUT2D eigenvalue weighted by Crippen LogP contribution is 2.34. The maximum atomic E-state index is 10.4. The van der Waals surface area contributed by atoms with E-state index in [-0.39, 0.29) is 5.41 Å². The summed E-state index contributed by atoms with van der Waals surface area (Å²) in [6.07, 6.45) is 3.12. The molecule has 0 heterocycles. The fourth-order valence-electron chi connectivity index (χ4n) is 3.89. The van der Waals surface area contributed by atoms with E-state index in [0.717, 1.165) is 22.3 Å². The third-order valence-electron chi connectivity index (χ3n) is 5.96. The van der Waals surface area contributed by atoms with Crippen LogP contribution >= 0.6 is 0 Å². The number of aliphatic imine (C=N–C) groups is 2. The molecule has 4 aromatic rings. The van der Waals surface area contributed by atoms with E-state index in [1.54, 1.807) is 12.2 Å². The van der Waals surface area contributed by atoms with Crippen LogP contribution in [0.1, 0.15) is 25.0 Å². The predicted molar refractivity (Wildman–Crippen MR) is 131 cm³/mol. The first-order valence-electron chi connectivity index (χ1n) is 10.6. The highest BCUT2D eigenvalue weighted by atomic mass is 16.1. The molecule has 0 saturated heterocycles. The molecule has 4 nitrogen and oxygen atoms in total. The second-order valence-corrected chi connectivity index (χ2v) is 8.28. The Morgan fingerprint density at radius 2 is 0.758 bits per heavy atom. The topological polar surface area (TPSA) is 58.9 Å². The summed E-state index contributed by atoms with van der Waals surface area (Å²) in [6, 6.07) is 32.1. The van der Waals surface area contributed by atoms with Gasteiger partial charge >= 0.3 is 0 Å². The van der Waals surface area contributed by atoms with E-state index in [4.69, 9.17) is 0 Å². The molecule has 4 rings (SSSR count). The van der Waals surface area contributed by atoms with Crippen LogP contribution in [0.3, 0.4) is 0 Å². The third-order valence-corrected chi connectivity index (χ3v) is 5.96. The molecule has 0 amide bonds. The second kappa shape index (κ2) is 9.42. The Balaban J connectivity index is 1.54. The smallest absolute Gasteiger partial charge is 0.211 e. The Labute approximate surface area is 193 Å². The van der Waals surface area contributed by atoms with Crippen LogP contribution in [-0.4, -0.2) is 12.2 Å². The van der Waals surface area contributed by atoms with E-state index >= 15 is 0 Å². The van der Waals surface area contributed by atoms with Crippen molar-refractivity contribution in [2.75, 3.05) is 0 Å². The number of hydrogen-bond acceptors (Lipinski definition) is 4.